The lowest BCUT2D eigenvalue weighted by Gasteiger charge is -2.19. The van der Waals surface area contributed by atoms with E-state index in [0.717, 1.165) is 18.2 Å². The van der Waals surface area contributed by atoms with E-state index in [1.165, 1.54) is 31.6 Å². The summed E-state index contributed by atoms with van der Waals surface area (Å²) < 4.78 is 5.69. The molecule has 0 spiro atoms. The molecule has 1 aromatic carbocycles. The molecule has 0 bridgehead atoms. The molecule has 118 valence electrons. The Labute approximate surface area is 129 Å². The van der Waals surface area contributed by atoms with Gasteiger partial charge >= 0.3 is 0 Å². The minimum absolute atomic E-state index is 0.232. The van der Waals surface area contributed by atoms with E-state index in [2.05, 4.69) is 62.2 Å². The Balaban J connectivity index is 1.79. The second-order valence-corrected chi connectivity index (χ2v) is 6.41. The highest BCUT2D eigenvalue weighted by Gasteiger charge is 2.21. The van der Waals surface area contributed by atoms with Crippen LogP contribution in [0.3, 0.4) is 0 Å². The number of nitrogens with one attached hydrogen (secondary N) is 1. The van der Waals surface area contributed by atoms with E-state index in [9.17, 15) is 0 Å². The van der Waals surface area contributed by atoms with E-state index in [1.807, 2.05) is 0 Å². The fourth-order valence-electron chi connectivity index (χ4n) is 2.94. The maximum Gasteiger partial charge on any atom is 0.119 e. The zero-order chi connectivity index (χ0) is 15.2. The molecule has 2 unspecified atom stereocenters. The van der Waals surface area contributed by atoms with Crippen molar-refractivity contribution in [2.75, 3.05) is 26.2 Å². The Bertz CT molecular complexity index is 416. The van der Waals surface area contributed by atoms with Crippen LogP contribution in [0.25, 0.3) is 0 Å². The first-order chi connectivity index (χ1) is 10.1. The summed E-state index contributed by atoms with van der Waals surface area (Å²) >= 11 is 0. The lowest BCUT2D eigenvalue weighted by molar-refractivity contribution is 0.242. The third-order valence-electron chi connectivity index (χ3n) is 4.28. The van der Waals surface area contributed by atoms with Crippen LogP contribution in [0.1, 0.15) is 45.7 Å². The van der Waals surface area contributed by atoms with Gasteiger partial charge in [-0.25, -0.2) is 0 Å². The maximum absolute atomic E-state index is 5.69. The van der Waals surface area contributed by atoms with Crippen molar-refractivity contribution in [3.63, 3.8) is 0 Å². The van der Waals surface area contributed by atoms with Crippen LogP contribution in [0.2, 0.25) is 0 Å². The summed E-state index contributed by atoms with van der Waals surface area (Å²) in [5.41, 5.74) is 1.33. The molecule has 0 aliphatic carbocycles. The Kier molecular flexibility index (Phi) is 6.07. The summed E-state index contributed by atoms with van der Waals surface area (Å²) in [4.78, 5) is 2.54. The number of hydrogen-bond donors (Lipinski definition) is 1. The SMILES string of the molecule is CCN1CCC(CNC(C)c2ccc(OC(C)C)cc2)C1. The smallest absolute Gasteiger partial charge is 0.119 e. The van der Waals surface area contributed by atoms with Crippen LogP contribution in [0, 0.1) is 5.92 Å². The molecule has 1 aromatic rings. The third-order valence-corrected chi connectivity index (χ3v) is 4.28. The third kappa shape index (κ3) is 5.01. The van der Waals surface area contributed by atoms with E-state index in [-0.39, 0.29) is 6.10 Å². The van der Waals surface area contributed by atoms with Crippen LogP contribution in [-0.2, 0) is 0 Å². The summed E-state index contributed by atoms with van der Waals surface area (Å²) in [7, 11) is 0. The highest BCUT2D eigenvalue weighted by Crippen LogP contribution is 2.20. The molecule has 3 heteroatoms. The van der Waals surface area contributed by atoms with Crippen molar-refractivity contribution in [3.8, 4) is 5.75 Å². The van der Waals surface area contributed by atoms with E-state index in [1.54, 1.807) is 0 Å². The monoisotopic (exact) mass is 290 g/mol. The number of likely N-dealkylation sites (tertiary alicyclic amines) is 1. The van der Waals surface area contributed by atoms with Crippen molar-refractivity contribution in [1.82, 2.24) is 10.2 Å². The van der Waals surface area contributed by atoms with Gasteiger partial charge in [0.25, 0.3) is 0 Å². The van der Waals surface area contributed by atoms with E-state index in [4.69, 9.17) is 4.74 Å². The van der Waals surface area contributed by atoms with Crippen LogP contribution in [-0.4, -0.2) is 37.2 Å². The molecule has 2 atom stereocenters. The molecule has 1 aliphatic rings. The summed E-state index contributed by atoms with van der Waals surface area (Å²) in [5, 5.41) is 3.68. The molecule has 1 heterocycles. The molecular formula is C18H30N2O. The quantitative estimate of drug-likeness (QED) is 0.832. The Morgan fingerprint density at radius 2 is 1.95 bits per heavy atom. The van der Waals surface area contributed by atoms with Crippen molar-refractivity contribution < 1.29 is 4.74 Å². The predicted molar refractivity (Wildman–Crippen MR) is 88.8 cm³/mol. The second-order valence-electron chi connectivity index (χ2n) is 6.41. The molecule has 0 radical (unpaired) electrons. The van der Waals surface area contributed by atoms with Crippen molar-refractivity contribution in [2.45, 2.75) is 46.3 Å². The first kappa shape index (κ1) is 16.3. The average Bonchev–Trinajstić information content (AvgIpc) is 2.93. The van der Waals surface area contributed by atoms with Gasteiger partial charge < -0.3 is 15.0 Å². The van der Waals surface area contributed by atoms with Gasteiger partial charge in [0.15, 0.2) is 0 Å². The fraction of sp³-hybridized carbons (Fsp3) is 0.667. The minimum atomic E-state index is 0.232. The van der Waals surface area contributed by atoms with Gasteiger partial charge in [-0.2, -0.15) is 0 Å². The minimum Gasteiger partial charge on any atom is -0.491 e. The molecule has 2 rings (SSSR count). The molecule has 21 heavy (non-hydrogen) atoms. The van der Waals surface area contributed by atoms with Gasteiger partial charge in [0.2, 0.25) is 0 Å². The molecule has 0 aromatic heterocycles. The Morgan fingerprint density at radius 3 is 2.52 bits per heavy atom. The van der Waals surface area contributed by atoms with Gasteiger partial charge in [-0.3, -0.25) is 0 Å². The first-order valence-corrected chi connectivity index (χ1v) is 8.30. The molecule has 1 N–H and O–H groups in total. The zero-order valence-electron chi connectivity index (χ0n) is 13.9. The lowest BCUT2D eigenvalue weighted by Crippen LogP contribution is -2.28. The second kappa shape index (κ2) is 7.81. The highest BCUT2D eigenvalue weighted by molar-refractivity contribution is 5.29. The maximum atomic E-state index is 5.69. The average molecular weight is 290 g/mol. The summed E-state index contributed by atoms with van der Waals surface area (Å²) in [6.45, 7) is 13.4. The van der Waals surface area contributed by atoms with Gasteiger partial charge in [-0.05, 0) is 70.4 Å². The highest BCUT2D eigenvalue weighted by atomic mass is 16.5. The number of ether oxygens (including phenoxy) is 1. The topological polar surface area (TPSA) is 24.5 Å². The van der Waals surface area contributed by atoms with Gasteiger partial charge in [0, 0.05) is 12.6 Å². The predicted octanol–water partition coefficient (Wildman–Crippen LogP) is 3.47. The molecule has 1 saturated heterocycles. The molecule has 0 amide bonds. The van der Waals surface area contributed by atoms with Gasteiger partial charge in [0.1, 0.15) is 5.75 Å². The van der Waals surface area contributed by atoms with Crippen LogP contribution in [0.5, 0.6) is 5.75 Å². The number of hydrogen-bond acceptors (Lipinski definition) is 3. The zero-order valence-corrected chi connectivity index (χ0v) is 13.9. The van der Waals surface area contributed by atoms with Crippen LogP contribution >= 0.6 is 0 Å². The van der Waals surface area contributed by atoms with Crippen molar-refractivity contribution in [2.24, 2.45) is 5.92 Å². The van der Waals surface area contributed by atoms with Crippen LogP contribution in [0.4, 0.5) is 0 Å². The van der Waals surface area contributed by atoms with Crippen LogP contribution in [0.15, 0.2) is 24.3 Å². The lowest BCUT2D eigenvalue weighted by atomic mass is 10.1. The molecule has 3 nitrogen and oxygen atoms in total. The number of benzene rings is 1. The Hall–Kier alpha value is -1.06. The van der Waals surface area contributed by atoms with E-state index in [0.29, 0.717) is 6.04 Å². The molecular weight excluding hydrogens is 260 g/mol. The van der Waals surface area contributed by atoms with E-state index < -0.39 is 0 Å². The normalized spacial score (nSPS) is 20.9. The summed E-state index contributed by atoms with van der Waals surface area (Å²) in [6.07, 6.45) is 1.56. The van der Waals surface area contributed by atoms with Crippen LogP contribution < -0.4 is 10.1 Å². The van der Waals surface area contributed by atoms with E-state index >= 15 is 0 Å². The Morgan fingerprint density at radius 1 is 1.24 bits per heavy atom. The fourth-order valence-corrected chi connectivity index (χ4v) is 2.94. The molecule has 1 aliphatic heterocycles. The number of nitrogens with zero attached hydrogens (tertiary/aromatic N) is 1. The van der Waals surface area contributed by atoms with Crippen molar-refractivity contribution >= 4 is 0 Å². The number of rotatable bonds is 7. The summed E-state index contributed by atoms with van der Waals surface area (Å²) in [6, 6.07) is 8.88. The summed E-state index contributed by atoms with van der Waals surface area (Å²) in [5.74, 6) is 1.76. The molecule has 1 fully saturated rings. The van der Waals surface area contributed by atoms with Gasteiger partial charge in [0.05, 0.1) is 6.10 Å². The molecule has 0 saturated carbocycles. The van der Waals surface area contributed by atoms with Crippen molar-refractivity contribution in [3.05, 3.63) is 29.8 Å². The first-order valence-electron chi connectivity index (χ1n) is 8.30. The van der Waals surface area contributed by atoms with Crippen molar-refractivity contribution in [1.29, 1.82) is 0 Å². The standard InChI is InChI=1S/C18H30N2O/c1-5-20-11-10-16(13-20)12-19-15(4)17-6-8-18(9-7-17)21-14(2)3/h6-9,14-16,19H,5,10-13H2,1-4H3. The van der Waals surface area contributed by atoms with Gasteiger partial charge in [-0.15, -0.1) is 0 Å². The van der Waals surface area contributed by atoms with Gasteiger partial charge in [-0.1, -0.05) is 19.1 Å². The largest absolute Gasteiger partial charge is 0.491 e.